The zero-order valence-corrected chi connectivity index (χ0v) is 12.2. The highest BCUT2D eigenvalue weighted by molar-refractivity contribution is 6.43. The van der Waals surface area contributed by atoms with E-state index in [0.29, 0.717) is 13.1 Å². The molecule has 6 heteroatoms. The lowest BCUT2D eigenvalue weighted by atomic mass is 10.0. The van der Waals surface area contributed by atoms with E-state index in [1.165, 1.54) is 12.1 Å². The SMILES string of the molecule is O=[C]NCCCCCCNC(=O)C(=O)c1ccccc1[C]=O. The molecule has 0 aliphatic rings. The van der Waals surface area contributed by atoms with E-state index in [4.69, 9.17) is 0 Å². The summed E-state index contributed by atoms with van der Waals surface area (Å²) in [5, 5.41) is 4.99. The van der Waals surface area contributed by atoms with E-state index in [1.54, 1.807) is 24.8 Å². The predicted molar refractivity (Wildman–Crippen MR) is 80.7 cm³/mol. The van der Waals surface area contributed by atoms with Crippen molar-refractivity contribution in [1.29, 1.82) is 0 Å². The smallest absolute Gasteiger partial charge is 0.309 e. The fraction of sp³-hybridized carbons (Fsp3) is 0.375. The zero-order chi connectivity index (χ0) is 16.2. The number of ketones is 1. The molecule has 2 radical (unpaired) electrons. The summed E-state index contributed by atoms with van der Waals surface area (Å²) in [6.07, 6.45) is 6.64. The third-order valence-electron chi connectivity index (χ3n) is 3.07. The lowest BCUT2D eigenvalue weighted by Gasteiger charge is -2.05. The number of carbonyl (C=O) groups excluding carboxylic acids is 4. The van der Waals surface area contributed by atoms with Gasteiger partial charge in [0.05, 0.1) is 0 Å². The van der Waals surface area contributed by atoms with Gasteiger partial charge in [0.25, 0.3) is 11.7 Å². The maximum absolute atomic E-state index is 11.9. The second-order valence-electron chi connectivity index (χ2n) is 4.68. The minimum absolute atomic E-state index is 0.0613. The van der Waals surface area contributed by atoms with Crippen molar-refractivity contribution in [2.45, 2.75) is 25.7 Å². The van der Waals surface area contributed by atoms with E-state index in [-0.39, 0.29) is 11.1 Å². The third kappa shape index (κ3) is 5.87. The van der Waals surface area contributed by atoms with E-state index >= 15 is 0 Å². The fourth-order valence-electron chi connectivity index (χ4n) is 1.92. The van der Waals surface area contributed by atoms with Gasteiger partial charge in [0.15, 0.2) is 0 Å². The Labute approximate surface area is 129 Å². The number of Topliss-reactive ketones (excluding diaryl/α,β-unsaturated/α-hetero) is 1. The highest BCUT2D eigenvalue weighted by Gasteiger charge is 2.18. The van der Waals surface area contributed by atoms with Gasteiger partial charge in [0.1, 0.15) is 0 Å². The van der Waals surface area contributed by atoms with Crippen LogP contribution in [0.4, 0.5) is 0 Å². The van der Waals surface area contributed by atoms with Crippen LogP contribution in [-0.2, 0) is 14.4 Å². The van der Waals surface area contributed by atoms with Gasteiger partial charge in [0, 0.05) is 24.2 Å². The van der Waals surface area contributed by atoms with Crippen molar-refractivity contribution in [3.05, 3.63) is 35.4 Å². The summed E-state index contributed by atoms with van der Waals surface area (Å²) < 4.78 is 0. The number of nitrogens with one attached hydrogen (secondary N) is 2. The molecule has 1 rings (SSSR count). The first-order valence-corrected chi connectivity index (χ1v) is 7.10. The van der Waals surface area contributed by atoms with Gasteiger partial charge in [-0.3, -0.25) is 19.2 Å². The molecule has 2 amide bonds. The summed E-state index contributed by atoms with van der Waals surface area (Å²) >= 11 is 0. The topological polar surface area (TPSA) is 92.3 Å². The summed E-state index contributed by atoms with van der Waals surface area (Å²) in [6, 6.07) is 6.07. The molecule has 1 aromatic carbocycles. The van der Waals surface area contributed by atoms with Crippen molar-refractivity contribution in [2.24, 2.45) is 0 Å². The van der Waals surface area contributed by atoms with Crippen LogP contribution in [-0.4, -0.2) is 37.5 Å². The van der Waals surface area contributed by atoms with Crippen molar-refractivity contribution in [3.8, 4) is 0 Å². The Kier molecular flexibility index (Phi) is 8.18. The normalized spacial score (nSPS) is 9.82. The molecule has 0 atom stereocenters. The average molecular weight is 302 g/mol. The van der Waals surface area contributed by atoms with Crippen LogP contribution in [0, 0.1) is 0 Å². The number of hydrogen-bond acceptors (Lipinski definition) is 4. The monoisotopic (exact) mass is 302 g/mol. The predicted octanol–water partition coefficient (Wildman–Crippen LogP) is 0.660. The van der Waals surface area contributed by atoms with Crippen molar-refractivity contribution in [1.82, 2.24) is 10.6 Å². The first kappa shape index (κ1) is 17.6. The highest BCUT2D eigenvalue weighted by Crippen LogP contribution is 2.07. The van der Waals surface area contributed by atoms with Gasteiger partial charge in [-0.25, -0.2) is 0 Å². The minimum Gasteiger partial charge on any atom is -0.349 e. The molecule has 0 saturated heterocycles. The molecular weight excluding hydrogens is 284 g/mol. The molecular formula is C16H18N2O4. The molecule has 0 bridgehead atoms. The lowest BCUT2D eigenvalue weighted by Crippen LogP contribution is -2.32. The second kappa shape index (κ2) is 10.3. The quantitative estimate of drug-likeness (QED) is 0.272. The number of benzene rings is 1. The lowest BCUT2D eigenvalue weighted by molar-refractivity contribution is -0.117. The molecule has 22 heavy (non-hydrogen) atoms. The van der Waals surface area contributed by atoms with Crippen LogP contribution in [0.25, 0.3) is 0 Å². The molecule has 1 aromatic rings. The third-order valence-corrected chi connectivity index (χ3v) is 3.07. The number of hydrogen-bond donors (Lipinski definition) is 2. The number of rotatable bonds is 11. The molecule has 6 nitrogen and oxygen atoms in total. The van der Waals surface area contributed by atoms with Crippen LogP contribution in [0.2, 0.25) is 0 Å². The van der Waals surface area contributed by atoms with Crippen LogP contribution in [0.3, 0.4) is 0 Å². The number of unbranched alkanes of at least 4 members (excludes halogenated alkanes) is 3. The van der Waals surface area contributed by atoms with E-state index in [1.807, 2.05) is 0 Å². The maximum Gasteiger partial charge on any atom is 0.309 e. The van der Waals surface area contributed by atoms with Crippen molar-refractivity contribution in [2.75, 3.05) is 13.1 Å². The minimum atomic E-state index is -0.732. The van der Waals surface area contributed by atoms with E-state index in [0.717, 1.165) is 25.7 Å². The van der Waals surface area contributed by atoms with Crippen LogP contribution in [0.15, 0.2) is 24.3 Å². The Bertz CT molecular complexity index is 529. The van der Waals surface area contributed by atoms with Crippen LogP contribution < -0.4 is 10.6 Å². The van der Waals surface area contributed by atoms with Crippen molar-refractivity contribution < 1.29 is 19.2 Å². The molecule has 0 unspecified atom stereocenters. The van der Waals surface area contributed by atoms with Crippen LogP contribution in [0.1, 0.15) is 41.6 Å². The van der Waals surface area contributed by atoms with Crippen LogP contribution >= 0.6 is 0 Å². The Hall–Kier alpha value is -2.50. The Morgan fingerprint density at radius 3 is 2.32 bits per heavy atom. The summed E-state index contributed by atoms with van der Waals surface area (Å²) in [7, 11) is 0. The van der Waals surface area contributed by atoms with Crippen molar-refractivity contribution >= 4 is 24.4 Å². The first-order valence-electron chi connectivity index (χ1n) is 7.10. The Balaban J connectivity index is 2.29. The van der Waals surface area contributed by atoms with E-state index in [2.05, 4.69) is 10.6 Å². The summed E-state index contributed by atoms with van der Waals surface area (Å²) in [5.74, 6) is -1.45. The van der Waals surface area contributed by atoms with Gasteiger partial charge in [-0.2, -0.15) is 0 Å². The maximum atomic E-state index is 11.9. The van der Waals surface area contributed by atoms with E-state index < -0.39 is 11.7 Å². The molecule has 0 spiro atoms. The molecule has 0 aliphatic carbocycles. The van der Waals surface area contributed by atoms with Gasteiger partial charge in [0.2, 0.25) is 6.29 Å². The molecule has 0 fully saturated rings. The van der Waals surface area contributed by atoms with Crippen LogP contribution in [0.5, 0.6) is 0 Å². The number of carbonyl (C=O) groups is 2. The summed E-state index contributed by atoms with van der Waals surface area (Å²) in [4.78, 5) is 44.3. The van der Waals surface area contributed by atoms with Gasteiger partial charge in [-0.1, -0.05) is 37.1 Å². The standard InChI is InChI=1S/C16H18N2O4/c19-11-13-7-3-4-8-14(13)15(21)16(22)18-10-6-2-1-5-9-17-12-20/h3-4,7-8H,1-2,5-6,9-10H2,(H,17,20)(H,18,22). The second-order valence-corrected chi connectivity index (χ2v) is 4.68. The fourth-order valence-corrected chi connectivity index (χ4v) is 1.92. The Morgan fingerprint density at radius 2 is 1.64 bits per heavy atom. The van der Waals surface area contributed by atoms with Gasteiger partial charge in [-0.15, -0.1) is 0 Å². The molecule has 2 N–H and O–H groups in total. The molecule has 0 saturated carbocycles. The van der Waals surface area contributed by atoms with Gasteiger partial charge in [-0.05, 0) is 12.8 Å². The zero-order valence-electron chi connectivity index (χ0n) is 12.2. The summed E-state index contributed by atoms with van der Waals surface area (Å²) in [5.41, 5.74) is 0.147. The highest BCUT2D eigenvalue weighted by atomic mass is 16.2. The average Bonchev–Trinajstić information content (AvgIpc) is 2.56. The van der Waals surface area contributed by atoms with Crippen molar-refractivity contribution in [3.63, 3.8) is 0 Å². The molecule has 0 aromatic heterocycles. The number of amides is 2. The van der Waals surface area contributed by atoms with Gasteiger partial charge >= 0.3 is 6.41 Å². The first-order chi connectivity index (χ1) is 10.7. The largest absolute Gasteiger partial charge is 0.349 e. The summed E-state index contributed by atoms with van der Waals surface area (Å²) in [6.45, 7) is 0.984. The Morgan fingerprint density at radius 1 is 0.955 bits per heavy atom. The van der Waals surface area contributed by atoms with Gasteiger partial charge < -0.3 is 10.6 Å². The molecule has 116 valence electrons. The van der Waals surface area contributed by atoms with E-state index in [9.17, 15) is 19.2 Å². The molecule has 0 heterocycles. The molecule has 0 aliphatic heterocycles.